The van der Waals surface area contributed by atoms with Gasteiger partial charge in [-0.05, 0) is 33.1 Å². The van der Waals surface area contributed by atoms with Crippen LogP contribution in [0.3, 0.4) is 0 Å². The van der Waals surface area contributed by atoms with Crippen molar-refractivity contribution in [1.29, 1.82) is 0 Å². The molecule has 0 aliphatic rings. The number of esters is 3. The van der Waals surface area contributed by atoms with E-state index in [-0.39, 0.29) is 78.6 Å². The Labute approximate surface area is 221 Å². The topological polar surface area (TPSA) is 151 Å². The first-order valence-electron chi connectivity index (χ1n) is 8.98. The molecule has 10 nitrogen and oxygen atoms in total. The normalized spacial score (nSPS) is 14.8. The molecular weight excluding hydrogens is 441 g/mol. The summed E-state index contributed by atoms with van der Waals surface area (Å²) < 4.78 is 29.1. The fraction of sp³-hybridized carbons (Fsp3) is 0.824. The van der Waals surface area contributed by atoms with Crippen LogP contribution < -0.4 is 68.9 Å². The Morgan fingerprint density at radius 2 is 1.60 bits per heavy atom. The summed E-state index contributed by atoms with van der Waals surface area (Å²) in [5.41, 5.74) is -0.924. The Hall–Kier alpha value is 0.520. The zero-order chi connectivity index (χ0) is 22.0. The average Bonchev–Trinajstić information content (AvgIpc) is 2.62. The van der Waals surface area contributed by atoms with Gasteiger partial charge >= 0.3 is 77.0 Å². The number of hydrogen-bond acceptors (Lipinski definition) is 10. The molecule has 0 aliphatic carbocycles. The van der Waals surface area contributed by atoms with Gasteiger partial charge in [0.25, 0.3) is 0 Å². The van der Waals surface area contributed by atoms with Crippen molar-refractivity contribution in [3.05, 3.63) is 0 Å². The number of methoxy groups -OCH3 is 1. The van der Waals surface area contributed by atoms with Gasteiger partial charge in [0, 0.05) is 0 Å². The molecule has 0 heterocycles. The van der Waals surface area contributed by atoms with Crippen molar-refractivity contribution in [3.63, 3.8) is 0 Å². The van der Waals surface area contributed by atoms with Crippen molar-refractivity contribution in [2.24, 2.45) is 17.3 Å². The van der Waals surface area contributed by atoms with Gasteiger partial charge in [-0.15, -0.1) is 0 Å². The van der Waals surface area contributed by atoms with Gasteiger partial charge in [0.2, 0.25) is 0 Å². The van der Waals surface area contributed by atoms with E-state index in [0.717, 1.165) is 0 Å². The second-order valence-corrected chi connectivity index (χ2v) is 7.80. The van der Waals surface area contributed by atoms with E-state index in [9.17, 15) is 28.7 Å². The van der Waals surface area contributed by atoms with E-state index in [1.807, 2.05) is 0 Å². The summed E-state index contributed by atoms with van der Waals surface area (Å²) in [5.74, 6) is -3.17. The molecular formula is C17H29Na2O10P. The quantitative estimate of drug-likeness (QED) is 0.0838. The zero-order valence-corrected chi connectivity index (χ0v) is 23.8. The Kier molecular flexibility index (Phi) is 20.0. The van der Waals surface area contributed by atoms with E-state index in [0.29, 0.717) is 6.42 Å². The molecule has 0 bridgehead atoms. The van der Waals surface area contributed by atoms with Crippen molar-refractivity contribution >= 4 is 25.7 Å². The van der Waals surface area contributed by atoms with Crippen molar-refractivity contribution in [2.75, 3.05) is 26.9 Å². The van der Waals surface area contributed by atoms with Crippen molar-refractivity contribution in [2.45, 2.75) is 47.0 Å². The van der Waals surface area contributed by atoms with Crippen LogP contribution >= 0.6 is 7.82 Å². The number of rotatable bonds is 13. The summed E-state index contributed by atoms with van der Waals surface area (Å²) >= 11 is 0. The molecule has 0 amide bonds. The molecule has 13 heteroatoms. The van der Waals surface area contributed by atoms with Crippen LogP contribution in [-0.2, 0) is 37.7 Å². The van der Waals surface area contributed by atoms with Gasteiger partial charge in [-0.1, -0.05) is 13.8 Å². The number of phosphoric acid groups is 1. The Balaban J connectivity index is -0.00000364. The fourth-order valence-electron chi connectivity index (χ4n) is 2.64. The van der Waals surface area contributed by atoms with Gasteiger partial charge in [0.15, 0.2) is 0 Å². The van der Waals surface area contributed by atoms with E-state index in [1.165, 1.54) is 14.0 Å². The monoisotopic (exact) mass is 470 g/mol. The fourth-order valence-corrected chi connectivity index (χ4v) is 2.94. The van der Waals surface area contributed by atoms with E-state index >= 15 is 0 Å². The molecule has 0 aromatic rings. The maximum absolute atomic E-state index is 12.3. The van der Waals surface area contributed by atoms with E-state index < -0.39 is 56.2 Å². The maximum Gasteiger partial charge on any atom is 1.00 e. The van der Waals surface area contributed by atoms with Crippen LogP contribution in [-0.4, -0.2) is 44.8 Å². The van der Waals surface area contributed by atoms with Gasteiger partial charge in [-0.25, -0.2) is 0 Å². The van der Waals surface area contributed by atoms with Crippen molar-refractivity contribution in [3.8, 4) is 0 Å². The first-order chi connectivity index (χ1) is 12.9. The third kappa shape index (κ3) is 13.8. The molecule has 3 unspecified atom stereocenters. The zero-order valence-electron chi connectivity index (χ0n) is 18.9. The third-order valence-corrected chi connectivity index (χ3v) is 4.89. The Bertz CT molecular complexity index is 583. The summed E-state index contributed by atoms with van der Waals surface area (Å²) in [4.78, 5) is 57.2. The smallest absolute Gasteiger partial charge is 0.790 e. The number of carbonyl (C=O) groups is 3. The van der Waals surface area contributed by atoms with E-state index in [2.05, 4.69) is 4.52 Å². The largest absolute Gasteiger partial charge is 1.00 e. The minimum Gasteiger partial charge on any atom is -0.790 e. The molecule has 0 spiro atoms. The molecule has 0 aromatic heterocycles. The summed E-state index contributed by atoms with van der Waals surface area (Å²) in [6.07, 6.45) is 0.619. The van der Waals surface area contributed by atoms with Gasteiger partial charge in [0.1, 0.15) is 6.61 Å². The minimum absolute atomic E-state index is 0. The summed E-state index contributed by atoms with van der Waals surface area (Å²) in [5, 5.41) is 0. The van der Waals surface area contributed by atoms with Crippen LogP contribution in [0, 0.1) is 17.3 Å². The first kappa shape index (κ1) is 35.1. The Morgan fingerprint density at radius 3 is 2.03 bits per heavy atom. The Morgan fingerprint density at radius 1 is 1.03 bits per heavy atom. The molecule has 0 aliphatic heterocycles. The number of hydrogen-bond donors (Lipinski definition) is 0. The SMILES string of the molecule is CCOC(=O)C(CC(C)C(=O)OCCOP(=O)([O-])[O-])CC(C)(CC)C(=O)OC.[Na+].[Na+]. The summed E-state index contributed by atoms with van der Waals surface area (Å²) in [7, 11) is -3.86. The standard InChI is InChI=1S/C17H31O10P.2Na/c1-6-17(4,16(20)24-5)11-13(15(19)25-7-2)10-12(3)14(18)26-8-9-27-28(21,22)23;;/h12-13H,6-11H2,1-5H3,(H2,21,22,23);;/q;2*+1/p-2. The molecule has 0 fully saturated rings. The third-order valence-electron chi connectivity index (χ3n) is 4.39. The van der Waals surface area contributed by atoms with Crippen LogP contribution in [0.25, 0.3) is 0 Å². The molecule has 0 N–H and O–H groups in total. The van der Waals surface area contributed by atoms with Gasteiger partial charge in [0.05, 0.1) is 45.4 Å². The molecule has 0 rings (SSSR count). The number of phosphoric ester groups is 1. The molecule has 0 saturated carbocycles. The van der Waals surface area contributed by atoms with Crippen LogP contribution in [0.2, 0.25) is 0 Å². The summed E-state index contributed by atoms with van der Waals surface area (Å²) in [6, 6.07) is 0. The maximum atomic E-state index is 12.3. The van der Waals surface area contributed by atoms with Crippen LogP contribution in [0.15, 0.2) is 0 Å². The van der Waals surface area contributed by atoms with Gasteiger partial charge in [-0.3, -0.25) is 14.4 Å². The number of carbonyl (C=O) groups excluding carboxylic acids is 3. The van der Waals surface area contributed by atoms with Crippen LogP contribution in [0.4, 0.5) is 0 Å². The van der Waals surface area contributed by atoms with Crippen LogP contribution in [0.1, 0.15) is 47.0 Å². The molecule has 0 radical (unpaired) electrons. The predicted octanol–water partition coefficient (Wildman–Crippen LogP) is -5.43. The second kappa shape index (κ2) is 17.1. The average molecular weight is 470 g/mol. The summed E-state index contributed by atoms with van der Waals surface area (Å²) in [6.45, 7) is 5.80. The second-order valence-electron chi connectivity index (χ2n) is 6.64. The first-order valence-corrected chi connectivity index (χ1v) is 10.4. The van der Waals surface area contributed by atoms with Gasteiger partial charge < -0.3 is 33.1 Å². The predicted molar refractivity (Wildman–Crippen MR) is 93.5 cm³/mol. The van der Waals surface area contributed by atoms with E-state index in [4.69, 9.17) is 14.2 Å². The van der Waals surface area contributed by atoms with Crippen molar-refractivity contribution < 1.29 is 107 Å². The molecule has 0 saturated heterocycles. The minimum atomic E-state index is -5.13. The van der Waals surface area contributed by atoms with Crippen LogP contribution in [0.5, 0.6) is 0 Å². The molecule has 164 valence electrons. The van der Waals surface area contributed by atoms with E-state index in [1.54, 1.807) is 20.8 Å². The van der Waals surface area contributed by atoms with Crippen molar-refractivity contribution in [1.82, 2.24) is 0 Å². The van der Waals surface area contributed by atoms with Gasteiger partial charge in [-0.2, -0.15) is 0 Å². The number of ether oxygens (including phenoxy) is 3. The molecule has 3 atom stereocenters. The molecule has 0 aromatic carbocycles. The molecule has 30 heavy (non-hydrogen) atoms.